The number of nitrogens with zero attached hydrogens (tertiary/aromatic N) is 1. The zero-order valence-electron chi connectivity index (χ0n) is 17.3. The number of para-hydroxylation sites is 1. The van der Waals surface area contributed by atoms with E-state index in [0.29, 0.717) is 10.6 Å². The van der Waals surface area contributed by atoms with E-state index in [2.05, 4.69) is 0 Å². The minimum Gasteiger partial charge on any atom is -0.507 e. The van der Waals surface area contributed by atoms with Gasteiger partial charge < -0.3 is 14.6 Å². The number of thioether (sulfide) groups is 1. The summed E-state index contributed by atoms with van der Waals surface area (Å²) in [6, 6.07) is 11.0. The lowest BCUT2D eigenvalue weighted by molar-refractivity contribution is -0.173. The Morgan fingerprint density at radius 2 is 1.73 bits per heavy atom. The molecule has 0 bridgehead atoms. The van der Waals surface area contributed by atoms with Crippen LogP contribution in [-0.2, 0) is 18.8 Å². The van der Waals surface area contributed by atoms with E-state index in [4.69, 9.17) is 9.47 Å². The summed E-state index contributed by atoms with van der Waals surface area (Å²) >= 11 is 1.33. The highest BCUT2D eigenvalue weighted by molar-refractivity contribution is 8.04. The second-order valence-electron chi connectivity index (χ2n) is 6.73. The molecule has 3 rings (SSSR count). The van der Waals surface area contributed by atoms with Crippen molar-refractivity contribution in [2.45, 2.75) is 38.2 Å². The van der Waals surface area contributed by atoms with Gasteiger partial charge in [-0.2, -0.15) is 0 Å². The molecule has 0 saturated carbocycles. The molecule has 0 aromatic heterocycles. The predicted molar refractivity (Wildman–Crippen MR) is 119 cm³/mol. The van der Waals surface area contributed by atoms with Crippen molar-refractivity contribution >= 4 is 37.9 Å². The van der Waals surface area contributed by atoms with Crippen LogP contribution in [-0.4, -0.2) is 29.9 Å². The third-order valence-electron chi connectivity index (χ3n) is 4.61. The van der Waals surface area contributed by atoms with Crippen LogP contribution in [0.5, 0.6) is 5.75 Å². The number of phenols is 1. The number of rotatable bonds is 7. The van der Waals surface area contributed by atoms with Crippen LogP contribution in [0.4, 0.5) is 5.69 Å². The van der Waals surface area contributed by atoms with Gasteiger partial charge in [0.25, 0.3) is 5.91 Å². The average Bonchev–Trinajstić information content (AvgIpc) is 2.72. The molecule has 0 aliphatic carbocycles. The number of carbonyl (C=O) groups is 1. The SMILES string of the molecule is CCOC(OCC)(P=O)N1C(=O)C(=Cc2cc(C)c(O)c(C)c2)Sc2ccccc21. The van der Waals surface area contributed by atoms with Crippen molar-refractivity contribution in [3.8, 4) is 5.75 Å². The molecule has 30 heavy (non-hydrogen) atoms. The van der Waals surface area contributed by atoms with E-state index in [0.717, 1.165) is 21.6 Å². The molecule has 1 amide bonds. The van der Waals surface area contributed by atoms with Gasteiger partial charge in [0.15, 0.2) is 0 Å². The number of amides is 1. The van der Waals surface area contributed by atoms with Crippen molar-refractivity contribution in [3.05, 3.63) is 58.0 Å². The number of ether oxygens (including phenoxy) is 2. The van der Waals surface area contributed by atoms with Gasteiger partial charge >= 0.3 is 5.65 Å². The molecule has 0 radical (unpaired) electrons. The molecule has 0 spiro atoms. The maximum absolute atomic E-state index is 13.6. The van der Waals surface area contributed by atoms with Crippen LogP contribution in [0.3, 0.4) is 0 Å². The zero-order valence-corrected chi connectivity index (χ0v) is 19.0. The Morgan fingerprint density at radius 1 is 1.13 bits per heavy atom. The van der Waals surface area contributed by atoms with Gasteiger partial charge in [0.1, 0.15) is 5.75 Å². The first-order valence-electron chi connectivity index (χ1n) is 9.62. The molecule has 1 aliphatic heterocycles. The molecule has 8 heteroatoms. The molecule has 0 fully saturated rings. The molecule has 1 aliphatic rings. The number of aromatic hydroxyl groups is 1. The first-order chi connectivity index (χ1) is 14.4. The maximum atomic E-state index is 13.6. The molecule has 1 N–H and O–H groups in total. The molecule has 6 nitrogen and oxygen atoms in total. The maximum Gasteiger partial charge on any atom is 0.343 e. The Morgan fingerprint density at radius 3 is 2.30 bits per heavy atom. The van der Waals surface area contributed by atoms with E-state index in [1.165, 1.54) is 16.7 Å². The number of hydrogen-bond donors (Lipinski definition) is 1. The second kappa shape index (κ2) is 9.31. The fourth-order valence-electron chi connectivity index (χ4n) is 3.35. The van der Waals surface area contributed by atoms with Crippen molar-refractivity contribution in [1.82, 2.24) is 0 Å². The van der Waals surface area contributed by atoms with Crippen LogP contribution in [0.15, 0.2) is 46.2 Å². The fourth-order valence-corrected chi connectivity index (χ4v) is 5.01. The Hall–Kier alpha value is -2.18. The smallest absolute Gasteiger partial charge is 0.343 e. The summed E-state index contributed by atoms with van der Waals surface area (Å²) in [5.41, 5.74) is 1.06. The summed E-state index contributed by atoms with van der Waals surface area (Å²) < 4.78 is 23.7. The molecule has 0 saturated heterocycles. The Kier molecular flexibility index (Phi) is 6.98. The van der Waals surface area contributed by atoms with E-state index < -0.39 is 14.1 Å². The van der Waals surface area contributed by atoms with Crippen molar-refractivity contribution in [2.24, 2.45) is 0 Å². The number of benzene rings is 2. The highest BCUT2D eigenvalue weighted by Gasteiger charge is 2.48. The van der Waals surface area contributed by atoms with Crippen molar-refractivity contribution in [1.29, 1.82) is 0 Å². The van der Waals surface area contributed by atoms with E-state index >= 15 is 0 Å². The lowest BCUT2D eigenvalue weighted by Gasteiger charge is -2.40. The lowest BCUT2D eigenvalue weighted by Crippen LogP contribution is -2.53. The average molecular weight is 445 g/mol. The van der Waals surface area contributed by atoms with E-state index in [1.54, 1.807) is 26.0 Å². The second-order valence-corrected chi connectivity index (χ2v) is 8.56. The Balaban J connectivity index is 2.16. The summed E-state index contributed by atoms with van der Waals surface area (Å²) in [5, 5.41) is 10.0. The van der Waals surface area contributed by atoms with Gasteiger partial charge in [0.05, 0.1) is 10.6 Å². The Labute approximate surface area is 182 Å². The van der Waals surface area contributed by atoms with Crippen LogP contribution in [0.1, 0.15) is 30.5 Å². The predicted octanol–water partition coefficient (Wildman–Crippen LogP) is 5.46. The Bertz CT molecular complexity index is 978. The monoisotopic (exact) mass is 445 g/mol. The third-order valence-corrected chi connectivity index (χ3v) is 6.38. The number of aryl methyl sites for hydroxylation is 2. The van der Waals surface area contributed by atoms with Gasteiger partial charge in [-0.05, 0) is 74.7 Å². The minimum absolute atomic E-state index is 0.212. The van der Waals surface area contributed by atoms with Crippen LogP contribution in [0.2, 0.25) is 0 Å². The van der Waals surface area contributed by atoms with Gasteiger partial charge in [0, 0.05) is 18.1 Å². The number of anilines is 1. The first kappa shape index (κ1) is 22.5. The number of hydrogen-bond acceptors (Lipinski definition) is 6. The lowest BCUT2D eigenvalue weighted by atomic mass is 10.1. The number of carbonyl (C=O) groups excluding carboxylic acids is 1. The zero-order chi connectivity index (χ0) is 21.9. The van der Waals surface area contributed by atoms with Crippen molar-refractivity contribution in [3.63, 3.8) is 0 Å². The molecule has 158 valence electrons. The molecule has 2 aromatic carbocycles. The quantitative estimate of drug-likeness (QED) is 0.346. The van der Waals surface area contributed by atoms with Gasteiger partial charge in [-0.1, -0.05) is 23.9 Å². The summed E-state index contributed by atoms with van der Waals surface area (Å²) in [6.45, 7) is 7.56. The topological polar surface area (TPSA) is 76.1 Å². The van der Waals surface area contributed by atoms with Crippen LogP contribution in [0.25, 0.3) is 6.08 Å². The van der Waals surface area contributed by atoms with Crippen LogP contribution >= 0.6 is 20.2 Å². The summed E-state index contributed by atoms with van der Waals surface area (Å²) in [7, 11) is -0.474. The molecule has 0 unspecified atom stereocenters. The molecule has 0 atom stereocenters. The number of phenolic OH excluding ortho intramolecular Hbond substituents is 1. The van der Waals surface area contributed by atoms with Crippen molar-refractivity contribution in [2.75, 3.05) is 18.1 Å². The summed E-state index contributed by atoms with van der Waals surface area (Å²) in [4.78, 5) is 16.2. The van der Waals surface area contributed by atoms with Gasteiger partial charge in [-0.3, -0.25) is 9.36 Å². The van der Waals surface area contributed by atoms with Crippen LogP contribution in [0, 0.1) is 13.8 Å². The van der Waals surface area contributed by atoms with E-state index in [9.17, 15) is 14.5 Å². The summed E-state index contributed by atoms with van der Waals surface area (Å²) in [5.74, 6) is -0.129. The van der Waals surface area contributed by atoms with E-state index in [-0.39, 0.29) is 24.9 Å². The minimum atomic E-state index is -1.75. The van der Waals surface area contributed by atoms with Crippen LogP contribution < -0.4 is 4.90 Å². The van der Waals surface area contributed by atoms with Crippen molar-refractivity contribution < 1.29 is 23.9 Å². The molecular weight excluding hydrogens is 421 g/mol. The first-order valence-corrected chi connectivity index (χ1v) is 11.3. The summed E-state index contributed by atoms with van der Waals surface area (Å²) in [6.07, 6.45) is 1.76. The highest BCUT2D eigenvalue weighted by Crippen LogP contribution is 2.48. The largest absolute Gasteiger partial charge is 0.507 e. The number of fused-ring (bicyclic) bond motifs is 1. The molecule has 1 heterocycles. The van der Waals surface area contributed by atoms with Gasteiger partial charge in [-0.15, -0.1) is 0 Å². The molecule has 2 aromatic rings. The fraction of sp³-hybridized carbons (Fsp3) is 0.318. The molecular formula is C22H24NO5PS. The van der Waals surface area contributed by atoms with Gasteiger partial charge in [-0.25, -0.2) is 4.90 Å². The standard InChI is InChI=1S/C22H24NO5PS/c1-5-27-22(29-26,28-6-2)23-17-9-7-8-10-18(17)30-19(21(23)25)13-16-11-14(3)20(24)15(4)12-16/h7-13,24H,5-6H2,1-4H3. The highest BCUT2D eigenvalue weighted by atomic mass is 32.2. The van der Waals surface area contributed by atoms with E-state index in [1.807, 2.05) is 44.2 Å². The normalized spacial score (nSPS) is 15.7. The van der Waals surface area contributed by atoms with Gasteiger partial charge in [0.2, 0.25) is 8.46 Å². The third kappa shape index (κ3) is 4.16.